The third-order valence-corrected chi connectivity index (χ3v) is 12.1. The number of carbonyl (C=O) groups excluding carboxylic acids is 2. The molecule has 288 valence electrons. The van der Waals surface area contributed by atoms with E-state index in [2.05, 4.69) is 39.2 Å². The Morgan fingerprint density at radius 1 is 1.09 bits per heavy atom. The van der Waals surface area contributed by atoms with E-state index in [0.29, 0.717) is 39.5 Å². The number of pyridine rings is 1. The summed E-state index contributed by atoms with van der Waals surface area (Å²) in [5.41, 5.74) is 1.81. The maximum atomic E-state index is 15.7. The number of imidazole rings is 1. The lowest BCUT2D eigenvalue weighted by Crippen LogP contribution is -2.63. The standard InChI is InChI=1S/C41H51F3N8O2/c1-23(2)51-22-46-31-19-29(47-35(33(31)51)48-30-18-27(24(3)16-28(30)42)36(53)49-41(12-13-41)37(43)44)25(4)17-32-34(45-8)39(5,6)38(54)52(32)26-20-40(7,21-26)50-14-10-9-11-15-50/h16-19,22-23,26,37H,8-15,20-21H2,1-7H3,(H,47,48)(H,49,53)/b25-17+/t26-,40+. The zero-order chi connectivity index (χ0) is 38.9. The van der Waals surface area contributed by atoms with Crippen molar-refractivity contribution in [3.8, 4) is 0 Å². The van der Waals surface area contributed by atoms with Crippen molar-refractivity contribution in [2.45, 2.75) is 123 Å². The SMILES string of the molecule is C=NC1=C(/C=C(\C)c2cc3ncn(C(C)C)c3c(Nc3cc(C(=O)NC4(C(F)F)CC4)c(C)cc3F)n2)N([C@H]2C[C@@](C)(N3CCCCC3)C2)C(=O)C1(C)C. The van der Waals surface area contributed by atoms with Gasteiger partial charge in [0.05, 0.1) is 40.0 Å². The highest BCUT2D eigenvalue weighted by molar-refractivity contribution is 5.98. The molecule has 2 aliphatic carbocycles. The topological polar surface area (TPSA) is 108 Å². The van der Waals surface area contributed by atoms with E-state index in [0.717, 1.165) is 31.5 Å². The number of hydrogen-bond acceptors (Lipinski definition) is 7. The van der Waals surface area contributed by atoms with E-state index in [9.17, 15) is 18.4 Å². The number of nitrogens with one attached hydrogen (secondary N) is 2. The van der Waals surface area contributed by atoms with Gasteiger partial charge in [-0.05, 0) is 142 Å². The second-order valence-electron chi connectivity index (χ2n) is 16.8. The molecule has 1 aromatic carbocycles. The number of fused-ring (bicyclic) bond motifs is 1. The summed E-state index contributed by atoms with van der Waals surface area (Å²) in [4.78, 5) is 45.9. The Balaban J connectivity index is 1.25. The van der Waals surface area contributed by atoms with Gasteiger partial charge in [-0.2, -0.15) is 0 Å². The highest BCUT2D eigenvalue weighted by Crippen LogP contribution is 2.50. The van der Waals surface area contributed by atoms with Crippen LogP contribution < -0.4 is 10.6 Å². The van der Waals surface area contributed by atoms with Gasteiger partial charge in [-0.3, -0.25) is 19.5 Å². The fourth-order valence-electron chi connectivity index (χ4n) is 8.54. The largest absolute Gasteiger partial charge is 0.341 e. The molecule has 13 heteroatoms. The first-order chi connectivity index (χ1) is 25.5. The molecule has 4 aliphatic rings. The number of halogens is 3. The molecule has 4 heterocycles. The molecule has 2 saturated carbocycles. The number of amides is 2. The summed E-state index contributed by atoms with van der Waals surface area (Å²) in [6.07, 6.45) is 6.71. The number of nitrogens with zero attached hydrogens (tertiary/aromatic N) is 6. The monoisotopic (exact) mass is 744 g/mol. The minimum atomic E-state index is -2.70. The summed E-state index contributed by atoms with van der Waals surface area (Å²) in [6.45, 7) is 19.6. The smallest absolute Gasteiger partial charge is 0.261 e. The maximum Gasteiger partial charge on any atom is 0.261 e. The first kappa shape index (κ1) is 37.8. The number of benzene rings is 1. The summed E-state index contributed by atoms with van der Waals surface area (Å²) in [5.74, 6) is -1.03. The van der Waals surface area contributed by atoms with Gasteiger partial charge in [0, 0.05) is 23.2 Å². The quantitative estimate of drug-likeness (QED) is 0.191. The molecule has 2 aromatic heterocycles. The number of anilines is 2. The predicted molar refractivity (Wildman–Crippen MR) is 205 cm³/mol. The summed E-state index contributed by atoms with van der Waals surface area (Å²) in [6, 6.07) is 4.42. The average Bonchev–Trinajstić information content (AvgIpc) is 3.71. The van der Waals surface area contributed by atoms with E-state index in [1.165, 1.54) is 31.4 Å². The number of aromatic nitrogens is 3. The minimum absolute atomic E-state index is 0.00747. The number of alkyl halides is 2. The van der Waals surface area contributed by atoms with Crippen molar-refractivity contribution in [1.82, 2.24) is 29.7 Å². The number of aliphatic imine (C=N–C) groups is 1. The third-order valence-electron chi connectivity index (χ3n) is 12.1. The third kappa shape index (κ3) is 6.41. The van der Waals surface area contributed by atoms with Gasteiger partial charge in [0.1, 0.15) is 16.9 Å². The van der Waals surface area contributed by atoms with E-state index in [4.69, 9.17) is 4.98 Å². The summed E-state index contributed by atoms with van der Waals surface area (Å²) in [5, 5.41) is 5.60. The Hall–Kier alpha value is -4.52. The van der Waals surface area contributed by atoms with Crippen molar-refractivity contribution in [2.24, 2.45) is 10.4 Å². The maximum absolute atomic E-state index is 15.7. The molecule has 3 fully saturated rings. The van der Waals surface area contributed by atoms with Crippen LogP contribution in [0.4, 0.5) is 24.7 Å². The fourth-order valence-corrected chi connectivity index (χ4v) is 8.54. The molecule has 2 N–H and O–H groups in total. The fraction of sp³-hybridized carbons (Fsp3) is 0.537. The summed E-state index contributed by atoms with van der Waals surface area (Å²) < 4.78 is 44.9. The molecule has 2 aliphatic heterocycles. The van der Waals surface area contributed by atoms with Crippen LogP contribution in [0.25, 0.3) is 16.6 Å². The second kappa shape index (κ2) is 13.6. The molecule has 0 bridgehead atoms. The summed E-state index contributed by atoms with van der Waals surface area (Å²) in [7, 11) is 0. The second-order valence-corrected chi connectivity index (χ2v) is 16.8. The van der Waals surface area contributed by atoms with Crippen LogP contribution in [-0.4, -0.2) is 79.5 Å². The van der Waals surface area contributed by atoms with Gasteiger partial charge in [-0.15, -0.1) is 0 Å². The van der Waals surface area contributed by atoms with E-state index >= 15 is 4.39 Å². The van der Waals surface area contributed by atoms with Crippen molar-refractivity contribution >= 4 is 46.6 Å². The van der Waals surface area contributed by atoms with Gasteiger partial charge in [0.2, 0.25) is 5.91 Å². The highest BCUT2D eigenvalue weighted by atomic mass is 19.3. The van der Waals surface area contributed by atoms with Crippen LogP contribution >= 0.6 is 0 Å². The summed E-state index contributed by atoms with van der Waals surface area (Å²) >= 11 is 0. The molecular weight excluding hydrogens is 693 g/mol. The Labute approximate surface area is 315 Å². The molecule has 0 spiro atoms. The molecule has 1 saturated heterocycles. The van der Waals surface area contributed by atoms with Gasteiger partial charge < -0.3 is 20.1 Å². The molecule has 54 heavy (non-hydrogen) atoms. The number of likely N-dealkylation sites (tertiary alicyclic amines) is 1. The van der Waals surface area contributed by atoms with Crippen LogP contribution in [0.3, 0.4) is 0 Å². The molecule has 0 atom stereocenters. The lowest BCUT2D eigenvalue weighted by atomic mass is 9.71. The van der Waals surface area contributed by atoms with Crippen LogP contribution in [0.1, 0.15) is 114 Å². The van der Waals surface area contributed by atoms with Crippen LogP contribution in [0.15, 0.2) is 47.0 Å². The zero-order valence-corrected chi connectivity index (χ0v) is 32.3. The van der Waals surface area contributed by atoms with Gasteiger partial charge in [-0.25, -0.2) is 23.1 Å². The molecule has 7 rings (SSSR count). The van der Waals surface area contributed by atoms with Gasteiger partial charge in [0.15, 0.2) is 5.82 Å². The number of carbonyl (C=O) groups is 2. The normalized spacial score (nSPS) is 24.1. The van der Waals surface area contributed by atoms with E-state index in [1.807, 2.05) is 56.2 Å². The Morgan fingerprint density at radius 3 is 2.39 bits per heavy atom. The first-order valence-corrected chi connectivity index (χ1v) is 19.0. The van der Waals surface area contributed by atoms with Crippen molar-refractivity contribution in [2.75, 3.05) is 18.4 Å². The molecule has 0 radical (unpaired) electrons. The average molecular weight is 745 g/mol. The molecule has 0 unspecified atom stereocenters. The Kier molecular flexibility index (Phi) is 9.55. The molecular formula is C41H51F3N8O2. The van der Waals surface area contributed by atoms with Crippen molar-refractivity contribution in [1.29, 1.82) is 0 Å². The van der Waals surface area contributed by atoms with Crippen molar-refractivity contribution < 1.29 is 22.8 Å². The van der Waals surface area contributed by atoms with E-state index < -0.39 is 29.1 Å². The Morgan fingerprint density at radius 2 is 1.78 bits per heavy atom. The van der Waals surface area contributed by atoms with Gasteiger partial charge >= 0.3 is 0 Å². The van der Waals surface area contributed by atoms with Crippen molar-refractivity contribution in [3.05, 3.63) is 64.6 Å². The van der Waals surface area contributed by atoms with Gasteiger partial charge in [-0.1, -0.05) is 6.42 Å². The van der Waals surface area contributed by atoms with Crippen molar-refractivity contribution in [3.63, 3.8) is 0 Å². The number of hydrogen-bond donors (Lipinski definition) is 2. The Bertz CT molecular complexity index is 2080. The highest BCUT2D eigenvalue weighted by Gasteiger charge is 2.55. The van der Waals surface area contributed by atoms with Crippen LogP contribution in [0.2, 0.25) is 0 Å². The van der Waals surface area contributed by atoms with E-state index in [-0.39, 0.29) is 47.6 Å². The number of rotatable bonds is 11. The molecule has 2 amide bonds. The zero-order valence-electron chi connectivity index (χ0n) is 32.3. The number of aryl methyl sites for hydroxylation is 1. The molecule has 3 aromatic rings. The van der Waals surface area contributed by atoms with E-state index in [1.54, 1.807) is 13.3 Å². The first-order valence-electron chi connectivity index (χ1n) is 19.0. The van der Waals surface area contributed by atoms with Crippen LogP contribution in [-0.2, 0) is 4.79 Å². The lowest BCUT2D eigenvalue weighted by molar-refractivity contribution is -0.141. The van der Waals surface area contributed by atoms with Crippen LogP contribution in [0.5, 0.6) is 0 Å². The van der Waals surface area contributed by atoms with Crippen LogP contribution in [0, 0.1) is 18.2 Å². The number of piperidine rings is 1. The lowest BCUT2D eigenvalue weighted by Gasteiger charge is -2.56. The number of allylic oxidation sites excluding steroid dienone is 2. The van der Waals surface area contributed by atoms with Gasteiger partial charge in [0.25, 0.3) is 12.3 Å². The predicted octanol–water partition coefficient (Wildman–Crippen LogP) is 8.32. The minimum Gasteiger partial charge on any atom is -0.341 e. The molecule has 10 nitrogen and oxygen atoms in total.